The highest BCUT2D eigenvalue weighted by Gasteiger charge is 2.18. The molecule has 0 spiro atoms. The minimum Gasteiger partial charge on any atom is -0.316 e. The molecular weight excluding hydrogens is 286 g/mol. The normalized spacial score (nSPS) is 13.0. The van der Waals surface area contributed by atoms with Crippen molar-refractivity contribution in [3.05, 3.63) is 59.9 Å². The van der Waals surface area contributed by atoms with E-state index in [0.29, 0.717) is 6.54 Å². The number of sulfonamides is 1. The van der Waals surface area contributed by atoms with E-state index < -0.39 is 10.0 Å². The first-order valence-electron chi connectivity index (χ1n) is 6.69. The van der Waals surface area contributed by atoms with Crippen LogP contribution in [-0.4, -0.2) is 20.4 Å². The summed E-state index contributed by atoms with van der Waals surface area (Å²) in [5, 5.41) is 3.02. The molecule has 0 aliphatic rings. The van der Waals surface area contributed by atoms with E-state index in [0.717, 1.165) is 11.1 Å². The maximum Gasteiger partial charge on any atom is 0.241 e. The van der Waals surface area contributed by atoms with Crippen molar-refractivity contribution in [1.29, 1.82) is 0 Å². The van der Waals surface area contributed by atoms with Gasteiger partial charge in [-0.15, -0.1) is 0 Å². The van der Waals surface area contributed by atoms with Crippen LogP contribution in [0, 0.1) is 0 Å². The van der Waals surface area contributed by atoms with E-state index in [-0.39, 0.29) is 10.9 Å². The number of rotatable bonds is 6. The van der Waals surface area contributed by atoms with E-state index in [1.807, 2.05) is 13.1 Å². The summed E-state index contributed by atoms with van der Waals surface area (Å²) in [6.45, 7) is 2.50. The van der Waals surface area contributed by atoms with Crippen molar-refractivity contribution in [2.45, 2.75) is 24.4 Å². The zero-order valence-electron chi connectivity index (χ0n) is 12.1. The van der Waals surface area contributed by atoms with Crippen LogP contribution < -0.4 is 10.0 Å². The van der Waals surface area contributed by atoms with E-state index >= 15 is 0 Å². The van der Waals surface area contributed by atoms with Gasteiger partial charge in [-0.1, -0.05) is 18.2 Å². The lowest BCUT2D eigenvalue weighted by Crippen LogP contribution is -2.27. The molecule has 1 heterocycles. The van der Waals surface area contributed by atoms with E-state index in [1.54, 1.807) is 49.6 Å². The van der Waals surface area contributed by atoms with Gasteiger partial charge >= 0.3 is 0 Å². The summed E-state index contributed by atoms with van der Waals surface area (Å²) in [4.78, 5) is 4.26. The van der Waals surface area contributed by atoms with Crippen molar-refractivity contribution in [2.75, 3.05) is 7.05 Å². The smallest absolute Gasteiger partial charge is 0.241 e. The molecule has 2 aromatic rings. The molecule has 6 heteroatoms. The zero-order chi connectivity index (χ0) is 15.3. The number of aromatic nitrogens is 1. The van der Waals surface area contributed by atoms with Crippen LogP contribution in [0.15, 0.2) is 53.7 Å². The molecule has 2 N–H and O–H groups in total. The van der Waals surface area contributed by atoms with Gasteiger partial charge < -0.3 is 5.32 Å². The Morgan fingerprint density at radius 3 is 2.48 bits per heavy atom. The van der Waals surface area contributed by atoms with E-state index in [4.69, 9.17) is 0 Å². The van der Waals surface area contributed by atoms with Crippen molar-refractivity contribution >= 4 is 10.0 Å². The van der Waals surface area contributed by atoms with Gasteiger partial charge in [-0.2, -0.15) is 0 Å². The first-order valence-corrected chi connectivity index (χ1v) is 8.17. The fourth-order valence-corrected chi connectivity index (χ4v) is 3.22. The molecule has 1 aromatic carbocycles. The van der Waals surface area contributed by atoms with Gasteiger partial charge in [0.25, 0.3) is 0 Å². The molecule has 0 aliphatic carbocycles. The van der Waals surface area contributed by atoms with Crippen LogP contribution in [-0.2, 0) is 16.6 Å². The SMILES string of the molecule is CNCc1ccc(S(=O)(=O)NC(C)c2cccnc2)cc1. The highest BCUT2D eigenvalue weighted by atomic mass is 32.2. The molecule has 112 valence electrons. The first kappa shape index (κ1) is 15.6. The predicted molar refractivity (Wildman–Crippen MR) is 82.2 cm³/mol. The molecule has 0 amide bonds. The number of hydrogen-bond acceptors (Lipinski definition) is 4. The molecule has 2 rings (SSSR count). The molecule has 0 fully saturated rings. The van der Waals surface area contributed by atoms with Crippen molar-refractivity contribution in [3.8, 4) is 0 Å². The topological polar surface area (TPSA) is 71.1 Å². The van der Waals surface area contributed by atoms with Crippen molar-refractivity contribution in [2.24, 2.45) is 0 Å². The Labute approximate surface area is 125 Å². The number of benzene rings is 1. The predicted octanol–water partition coefficient (Wildman–Crippen LogP) is 1.84. The van der Waals surface area contributed by atoms with Crippen LogP contribution in [0.2, 0.25) is 0 Å². The average molecular weight is 305 g/mol. The van der Waals surface area contributed by atoms with Crippen molar-refractivity contribution in [1.82, 2.24) is 15.0 Å². The van der Waals surface area contributed by atoms with Crippen LogP contribution in [0.3, 0.4) is 0 Å². The van der Waals surface area contributed by atoms with Gasteiger partial charge in [0, 0.05) is 25.0 Å². The second-order valence-electron chi connectivity index (χ2n) is 4.80. The molecule has 21 heavy (non-hydrogen) atoms. The highest BCUT2D eigenvalue weighted by Crippen LogP contribution is 2.16. The summed E-state index contributed by atoms with van der Waals surface area (Å²) < 4.78 is 27.3. The van der Waals surface area contributed by atoms with Gasteiger partial charge in [-0.25, -0.2) is 13.1 Å². The Kier molecular flexibility index (Phi) is 5.06. The number of nitrogens with one attached hydrogen (secondary N) is 2. The van der Waals surface area contributed by atoms with Crippen LogP contribution in [0.4, 0.5) is 0 Å². The zero-order valence-corrected chi connectivity index (χ0v) is 12.9. The Balaban J connectivity index is 2.14. The fourth-order valence-electron chi connectivity index (χ4n) is 1.99. The summed E-state index contributed by atoms with van der Waals surface area (Å²) in [6, 6.07) is 10.1. The quantitative estimate of drug-likeness (QED) is 0.854. The number of nitrogens with zero attached hydrogens (tertiary/aromatic N) is 1. The molecule has 1 unspecified atom stereocenters. The van der Waals surface area contributed by atoms with Gasteiger partial charge in [-0.3, -0.25) is 4.98 Å². The Bertz CT molecular complexity index is 670. The molecule has 0 bridgehead atoms. The second kappa shape index (κ2) is 6.80. The second-order valence-corrected chi connectivity index (χ2v) is 6.52. The van der Waals surface area contributed by atoms with Crippen LogP contribution in [0.5, 0.6) is 0 Å². The number of hydrogen-bond donors (Lipinski definition) is 2. The summed E-state index contributed by atoms with van der Waals surface area (Å²) >= 11 is 0. The minimum absolute atomic E-state index is 0.262. The van der Waals surface area contributed by atoms with Gasteiger partial charge in [0.2, 0.25) is 10.0 Å². The molecule has 5 nitrogen and oxygen atoms in total. The molecule has 0 aliphatic heterocycles. The summed E-state index contributed by atoms with van der Waals surface area (Å²) in [6.07, 6.45) is 3.31. The van der Waals surface area contributed by atoms with E-state index in [2.05, 4.69) is 15.0 Å². The van der Waals surface area contributed by atoms with Gasteiger partial charge in [-0.05, 0) is 43.3 Å². The lowest BCUT2D eigenvalue weighted by Gasteiger charge is -2.14. The summed E-state index contributed by atoms with van der Waals surface area (Å²) in [5.41, 5.74) is 1.87. The summed E-state index contributed by atoms with van der Waals surface area (Å²) in [7, 11) is -1.69. The van der Waals surface area contributed by atoms with Gasteiger partial charge in [0.15, 0.2) is 0 Å². The lowest BCUT2D eigenvalue weighted by molar-refractivity contribution is 0.566. The van der Waals surface area contributed by atoms with Crippen molar-refractivity contribution in [3.63, 3.8) is 0 Å². The minimum atomic E-state index is -3.54. The maximum atomic E-state index is 12.3. The third kappa shape index (κ3) is 4.10. The van der Waals surface area contributed by atoms with Crippen LogP contribution in [0.1, 0.15) is 24.1 Å². The molecule has 1 aromatic heterocycles. The maximum absolute atomic E-state index is 12.3. The highest BCUT2D eigenvalue weighted by molar-refractivity contribution is 7.89. The molecule has 0 radical (unpaired) electrons. The van der Waals surface area contributed by atoms with E-state index in [1.165, 1.54) is 0 Å². The molecule has 0 saturated carbocycles. The third-order valence-electron chi connectivity index (χ3n) is 3.13. The monoisotopic (exact) mass is 305 g/mol. The summed E-state index contributed by atoms with van der Waals surface area (Å²) in [5.74, 6) is 0. The fraction of sp³-hybridized carbons (Fsp3) is 0.267. The first-order chi connectivity index (χ1) is 10.0. The van der Waals surface area contributed by atoms with E-state index in [9.17, 15) is 8.42 Å². The largest absolute Gasteiger partial charge is 0.316 e. The molecular formula is C15H19N3O2S. The Morgan fingerprint density at radius 2 is 1.90 bits per heavy atom. The Hall–Kier alpha value is -1.76. The molecule has 0 saturated heterocycles. The lowest BCUT2D eigenvalue weighted by atomic mass is 10.2. The number of pyridine rings is 1. The third-order valence-corrected chi connectivity index (χ3v) is 4.69. The standard InChI is InChI=1S/C15H19N3O2S/c1-12(14-4-3-9-17-11-14)18-21(19,20)15-7-5-13(6-8-15)10-16-2/h3-9,11-12,16,18H,10H2,1-2H3. The van der Waals surface area contributed by atoms with Crippen LogP contribution in [0.25, 0.3) is 0 Å². The van der Waals surface area contributed by atoms with Crippen molar-refractivity contribution < 1.29 is 8.42 Å². The average Bonchev–Trinajstić information content (AvgIpc) is 2.48. The Morgan fingerprint density at radius 1 is 1.19 bits per heavy atom. The molecule has 1 atom stereocenters. The van der Waals surface area contributed by atoms with Gasteiger partial charge in [0.1, 0.15) is 0 Å². The van der Waals surface area contributed by atoms with Crippen LogP contribution >= 0.6 is 0 Å². The van der Waals surface area contributed by atoms with Gasteiger partial charge in [0.05, 0.1) is 4.90 Å².